The summed E-state index contributed by atoms with van der Waals surface area (Å²) in [5.41, 5.74) is 0.866. The molecule has 2 heterocycles. The number of carbonyl (C=O) groups excluding carboxylic acids is 2. The Kier molecular flexibility index (Phi) is 10.00. The van der Waals surface area contributed by atoms with Crippen molar-refractivity contribution in [3.63, 3.8) is 0 Å². The van der Waals surface area contributed by atoms with Gasteiger partial charge in [-0.15, -0.1) is 24.8 Å². The third-order valence-corrected chi connectivity index (χ3v) is 5.27. The maximum Gasteiger partial charge on any atom is 0.293 e. The zero-order valence-electron chi connectivity index (χ0n) is 14.2. The van der Waals surface area contributed by atoms with Gasteiger partial charge in [0.05, 0.1) is 4.91 Å². The van der Waals surface area contributed by atoms with E-state index < -0.39 is 0 Å². The van der Waals surface area contributed by atoms with Gasteiger partial charge in [0.25, 0.3) is 11.1 Å². The number of nitrogens with one attached hydrogen (secondary N) is 1. The molecule has 144 valence electrons. The van der Waals surface area contributed by atoms with Crippen molar-refractivity contribution in [3.05, 3.63) is 39.8 Å². The van der Waals surface area contributed by atoms with Crippen molar-refractivity contribution in [1.29, 1.82) is 0 Å². The Morgan fingerprint density at radius 1 is 1.08 bits per heavy atom. The highest BCUT2D eigenvalue weighted by molar-refractivity contribution is 8.18. The van der Waals surface area contributed by atoms with Gasteiger partial charge >= 0.3 is 0 Å². The van der Waals surface area contributed by atoms with E-state index in [4.69, 9.17) is 11.6 Å². The summed E-state index contributed by atoms with van der Waals surface area (Å²) in [6.45, 7) is 5.46. The molecule has 0 aliphatic carbocycles. The van der Waals surface area contributed by atoms with Gasteiger partial charge in [0.2, 0.25) is 0 Å². The number of imide groups is 1. The molecular weight excluding hydrogens is 417 g/mol. The Morgan fingerprint density at radius 3 is 2.38 bits per heavy atom. The van der Waals surface area contributed by atoms with E-state index in [-0.39, 0.29) is 36.0 Å². The molecule has 0 saturated carbocycles. The van der Waals surface area contributed by atoms with Gasteiger partial charge in [-0.2, -0.15) is 0 Å². The zero-order valence-corrected chi connectivity index (χ0v) is 17.4. The predicted octanol–water partition coefficient (Wildman–Crippen LogP) is 3.52. The van der Waals surface area contributed by atoms with Crippen molar-refractivity contribution in [2.45, 2.75) is 6.42 Å². The van der Waals surface area contributed by atoms with Crippen LogP contribution in [0.15, 0.2) is 29.2 Å². The summed E-state index contributed by atoms with van der Waals surface area (Å²) in [6.07, 6.45) is 2.56. The average molecular weight is 439 g/mol. The van der Waals surface area contributed by atoms with Crippen LogP contribution in [-0.2, 0) is 4.79 Å². The lowest BCUT2D eigenvalue weighted by Gasteiger charge is -2.27. The van der Waals surface area contributed by atoms with Gasteiger partial charge in [-0.1, -0.05) is 23.7 Å². The molecule has 0 spiro atoms. The van der Waals surface area contributed by atoms with Crippen molar-refractivity contribution in [2.75, 3.05) is 39.3 Å². The average Bonchev–Trinajstić information content (AvgIpc) is 2.85. The van der Waals surface area contributed by atoms with Crippen molar-refractivity contribution in [3.8, 4) is 0 Å². The fraction of sp³-hybridized carbons (Fsp3) is 0.412. The summed E-state index contributed by atoms with van der Waals surface area (Å²) in [5, 5.41) is 3.78. The molecule has 2 saturated heterocycles. The Morgan fingerprint density at radius 2 is 1.73 bits per heavy atom. The molecule has 2 fully saturated rings. The number of hydrogen-bond donors (Lipinski definition) is 1. The summed E-state index contributed by atoms with van der Waals surface area (Å²) in [5.74, 6) is -0.194. The van der Waals surface area contributed by atoms with Gasteiger partial charge in [0.15, 0.2) is 0 Å². The number of piperazine rings is 1. The smallest absolute Gasteiger partial charge is 0.293 e. The molecule has 9 heteroatoms. The molecular formula is C17H22Cl3N3O2S. The normalized spacial score (nSPS) is 19.4. The van der Waals surface area contributed by atoms with Crippen LogP contribution in [0, 0.1) is 0 Å². The number of hydrogen-bond acceptors (Lipinski definition) is 5. The number of halogens is 3. The van der Waals surface area contributed by atoms with Crippen LogP contribution in [0.2, 0.25) is 5.02 Å². The first kappa shape index (κ1) is 23.3. The van der Waals surface area contributed by atoms with Crippen LogP contribution < -0.4 is 5.32 Å². The number of amides is 2. The van der Waals surface area contributed by atoms with Crippen molar-refractivity contribution >= 4 is 65.4 Å². The summed E-state index contributed by atoms with van der Waals surface area (Å²) in [4.78, 5) is 28.7. The second kappa shape index (κ2) is 11.2. The zero-order chi connectivity index (χ0) is 16.9. The fourth-order valence-electron chi connectivity index (χ4n) is 2.79. The maximum atomic E-state index is 12.4. The SMILES string of the molecule is Cl.Cl.O=C1SC(=Cc2ccc(Cl)cc2)C(=O)N1CCCN1CCNCC1. The molecule has 0 unspecified atom stereocenters. The summed E-state index contributed by atoms with van der Waals surface area (Å²) < 4.78 is 0. The lowest BCUT2D eigenvalue weighted by Crippen LogP contribution is -2.44. The largest absolute Gasteiger partial charge is 0.314 e. The van der Waals surface area contributed by atoms with Crippen molar-refractivity contribution in [2.24, 2.45) is 0 Å². The van der Waals surface area contributed by atoms with Crippen molar-refractivity contribution < 1.29 is 9.59 Å². The monoisotopic (exact) mass is 437 g/mol. The Bertz CT molecular complexity index is 649. The molecule has 0 bridgehead atoms. The van der Waals surface area contributed by atoms with Gasteiger partial charge in [-0.3, -0.25) is 14.5 Å². The quantitative estimate of drug-likeness (QED) is 0.713. The Labute approximate surface area is 175 Å². The van der Waals surface area contributed by atoms with Crippen LogP contribution >= 0.6 is 48.2 Å². The first-order chi connectivity index (χ1) is 11.6. The molecule has 0 radical (unpaired) electrons. The highest BCUT2D eigenvalue weighted by Crippen LogP contribution is 2.32. The number of benzene rings is 1. The van der Waals surface area contributed by atoms with Crippen molar-refractivity contribution in [1.82, 2.24) is 15.1 Å². The lowest BCUT2D eigenvalue weighted by molar-refractivity contribution is -0.122. The number of thioether (sulfide) groups is 1. The van der Waals surface area contributed by atoms with Gasteiger partial charge in [0, 0.05) is 37.7 Å². The minimum Gasteiger partial charge on any atom is -0.314 e. The maximum absolute atomic E-state index is 12.4. The third-order valence-electron chi connectivity index (χ3n) is 4.11. The summed E-state index contributed by atoms with van der Waals surface area (Å²) >= 11 is 6.87. The van der Waals surface area contributed by atoms with E-state index in [2.05, 4.69) is 10.2 Å². The van der Waals surface area contributed by atoms with E-state index in [1.165, 1.54) is 4.90 Å². The molecule has 1 aromatic carbocycles. The molecule has 2 aliphatic rings. The van der Waals surface area contributed by atoms with Gasteiger partial charge in [-0.25, -0.2) is 0 Å². The fourth-order valence-corrected chi connectivity index (χ4v) is 3.78. The van der Waals surface area contributed by atoms with Gasteiger partial charge in [0.1, 0.15) is 0 Å². The van der Waals surface area contributed by atoms with Crippen LogP contribution in [0.1, 0.15) is 12.0 Å². The second-order valence-corrected chi connectivity index (χ2v) is 7.26. The number of rotatable bonds is 5. The molecule has 1 N–H and O–H groups in total. The highest BCUT2D eigenvalue weighted by Gasteiger charge is 2.34. The first-order valence-corrected chi connectivity index (χ1v) is 9.27. The van der Waals surface area contributed by atoms with E-state index >= 15 is 0 Å². The third kappa shape index (κ3) is 6.15. The standard InChI is InChI=1S/C17H20ClN3O2S.2ClH/c18-14-4-2-13(3-5-14)12-15-16(22)21(17(23)24-15)9-1-8-20-10-6-19-7-11-20;;/h2-5,12,19H,1,6-11H2;2*1H. The van der Waals surface area contributed by atoms with E-state index in [0.717, 1.165) is 56.5 Å². The van der Waals surface area contributed by atoms with E-state index in [9.17, 15) is 9.59 Å². The van der Waals surface area contributed by atoms with E-state index in [1.807, 2.05) is 12.1 Å². The van der Waals surface area contributed by atoms with Crippen LogP contribution in [0.3, 0.4) is 0 Å². The Balaban J connectivity index is 0.00000169. The van der Waals surface area contributed by atoms with Crippen LogP contribution in [-0.4, -0.2) is 60.2 Å². The lowest BCUT2D eigenvalue weighted by atomic mass is 10.2. The minimum atomic E-state index is -0.194. The van der Waals surface area contributed by atoms with Gasteiger partial charge in [-0.05, 0) is 48.5 Å². The summed E-state index contributed by atoms with van der Waals surface area (Å²) in [6, 6.07) is 7.21. The molecule has 5 nitrogen and oxygen atoms in total. The Hall–Kier alpha value is -0.760. The van der Waals surface area contributed by atoms with Crippen LogP contribution in [0.4, 0.5) is 4.79 Å². The topological polar surface area (TPSA) is 52.7 Å². The van der Waals surface area contributed by atoms with Crippen LogP contribution in [0.5, 0.6) is 0 Å². The molecule has 0 atom stereocenters. The molecule has 2 amide bonds. The predicted molar refractivity (Wildman–Crippen MR) is 113 cm³/mol. The highest BCUT2D eigenvalue weighted by atomic mass is 35.5. The van der Waals surface area contributed by atoms with E-state index in [0.29, 0.717) is 16.5 Å². The molecule has 2 aliphatic heterocycles. The number of nitrogens with zero attached hydrogens (tertiary/aromatic N) is 2. The molecule has 0 aromatic heterocycles. The van der Waals surface area contributed by atoms with E-state index in [1.54, 1.807) is 18.2 Å². The molecule has 1 aromatic rings. The van der Waals surface area contributed by atoms with Gasteiger partial charge < -0.3 is 10.2 Å². The molecule has 26 heavy (non-hydrogen) atoms. The molecule has 3 rings (SSSR count). The minimum absolute atomic E-state index is 0. The van der Waals surface area contributed by atoms with Crippen LogP contribution in [0.25, 0.3) is 6.08 Å². The second-order valence-electron chi connectivity index (χ2n) is 5.83. The first-order valence-electron chi connectivity index (χ1n) is 8.07. The number of carbonyl (C=O) groups is 2. The summed E-state index contributed by atoms with van der Waals surface area (Å²) in [7, 11) is 0.